The molecule has 5 nitrogen and oxygen atoms in total. The fraction of sp³-hybridized carbons (Fsp3) is 0.667. The second-order valence-corrected chi connectivity index (χ2v) is 9.31. The Morgan fingerprint density at radius 1 is 1.25 bits per heavy atom. The third-order valence-electron chi connectivity index (χ3n) is 2.39. The van der Waals surface area contributed by atoms with Crippen LogP contribution in [0, 0.1) is 0 Å². The van der Waals surface area contributed by atoms with Gasteiger partial charge in [0.25, 0.3) is 0 Å². The maximum atomic E-state index is 5.35. The van der Waals surface area contributed by atoms with Crippen LogP contribution >= 0.6 is 34.9 Å². The molecule has 8 heteroatoms. The molecule has 0 amide bonds. The van der Waals surface area contributed by atoms with E-state index in [0.717, 1.165) is 20.3 Å². The Balaban J connectivity index is 2.03. The van der Waals surface area contributed by atoms with Gasteiger partial charge in [-0.05, 0) is 12.7 Å². The summed E-state index contributed by atoms with van der Waals surface area (Å²) in [7, 11) is 0. The van der Waals surface area contributed by atoms with Crippen molar-refractivity contribution in [3.05, 3.63) is 11.7 Å². The van der Waals surface area contributed by atoms with Crippen LogP contribution in [0.25, 0.3) is 0 Å². The summed E-state index contributed by atoms with van der Waals surface area (Å²) < 4.78 is 7.29. The van der Waals surface area contributed by atoms with Crippen LogP contribution in [0.5, 0.6) is 0 Å². The summed E-state index contributed by atoms with van der Waals surface area (Å²) in [6.45, 7) is 10.3. The minimum atomic E-state index is -0.0974. The van der Waals surface area contributed by atoms with Gasteiger partial charge in [-0.15, -0.1) is 10.2 Å². The van der Waals surface area contributed by atoms with Crippen molar-refractivity contribution in [3.8, 4) is 0 Å². The summed E-state index contributed by atoms with van der Waals surface area (Å²) >= 11 is 4.92. The molecule has 0 saturated heterocycles. The van der Waals surface area contributed by atoms with E-state index in [9.17, 15) is 0 Å². The van der Waals surface area contributed by atoms with Crippen LogP contribution in [0.3, 0.4) is 0 Å². The lowest BCUT2D eigenvalue weighted by atomic mass is 9.96. The number of thioether (sulfide) groups is 2. The van der Waals surface area contributed by atoms with Crippen LogP contribution in [0.15, 0.2) is 13.2 Å². The van der Waals surface area contributed by atoms with Crippen molar-refractivity contribution in [3.63, 3.8) is 0 Å². The maximum absolute atomic E-state index is 5.35. The fourth-order valence-electron chi connectivity index (χ4n) is 1.33. The van der Waals surface area contributed by atoms with E-state index in [2.05, 4.69) is 48.0 Å². The van der Waals surface area contributed by atoms with Gasteiger partial charge in [-0.25, -0.2) is 0 Å². The molecule has 0 radical (unpaired) electrons. The summed E-state index contributed by atoms with van der Waals surface area (Å²) in [5.74, 6) is 2.38. The average Bonchev–Trinajstić information content (AvgIpc) is 2.97. The molecule has 1 atom stereocenters. The Labute approximate surface area is 131 Å². The number of hydrogen-bond donors (Lipinski definition) is 0. The number of hydrogen-bond acceptors (Lipinski definition) is 8. The summed E-state index contributed by atoms with van der Waals surface area (Å²) in [4.78, 5) is 4.47. The van der Waals surface area contributed by atoms with Gasteiger partial charge in [0.2, 0.25) is 5.89 Å². The topological polar surface area (TPSA) is 64.7 Å². The first-order valence-corrected chi connectivity index (χ1v) is 9.05. The van der Waals surface area contributed by atoms with E-state index < -0.39 is 0 Å². The minimum absolute atomic E-state index is 0.0750. The van der Waals surface area contributed by atoms with Gasteiger partial charge < -0.3 is 4.52 Å². The Hall–Kier alpha value is -0.600. The second-order valence-electron chi connectivity index (χ2n) is 5.23. The lowest BCUT2D eigenvalue weighted by Crippen LogP contribution is -2.13. The Morgan fingerprint density at radius 2 is 1.95 bits per heavy atom. The zero-order chi connectivity index (χ0) is 14.8. The van der Waals surface area contributed by atoms with Gasteiger partial charge in [-0.2, -0.15) is 4.98 Å². The molecule has 2 aromatic rings. The zero-order valence-electron chi connectivity index (χ0n) is 12.2. The van der Waals surface area contributed by atoms with Gasteiger partial charge in [0.15, 0.2) is 14.5 Å². The minimum Gasteiger partial charge on any atom is -0.338 e. The molecule has 0 spiro atoms. The smallest absolute Gasteiger partial charge is 0.239 e. The molecule has 1 unspecified atom stereocenters. The van der Waals surface area contributed by atoms with E-state index >= 15 is 0 Å². The number of rotatable bonds is 5. The molecule has 0 aliphatic heterocycles. The van der Waals surface area contributed by atoms with E-state index in [0.29, 0.717) is 5.89 Å². The third-order valence-corrected chi connectivity index (χ3v) is 5.50. The molecule has 0 aromatic carbocycles. The Morgan fingerprint density at radius 3 is 2.55 bits per heavy atom. The van der Waals surface area contributed by atoms with Gasteiger partial charge in [0.05, 0.1) is 5.25 Å². The summed E-state index contributed by atoms with van der Waals surface area (Å²) in [5.41, 5.74) is -0.0974. The van der Waals surface area contributed by atoms with E-state index in [1.165, 1.54) is 0 Å². The molecule has 110 valence electrons. The first-order valence-electron chi connectivity index (χ1n) is 6.37. The van der Waals surface area contributed by atoms with Crippen LogP contribution in [0.2, 0.25) is 0 Å². The number of nitrogens with zero attached hydrogens (tertiary/aromatic N) is 4. The first-order chi connectivity index (χ1) is 9.40. The molecule has 0 bridgehead atoms. The predicted octanol–water partition coefficient (Wildman–Crippen LogP) is 4.18. The largest absolute Gasteiger partial charge is 0.338 e. The Kier molecular flexibility index (Phi) is 5.09. The predicted molar refractivity (Wildman–Crippen MR) is 83.6 cm³/mol. The molecule has 2 heterocycles. The molecule has 0 fully saturated rings. The highest BCUT2D eigenvalue weighted by molar-refractivity contribution is 8.03. The Bertz CT molecular complexity index is 561. The van der Waals surface area contributed by atoms with E-state index in [-0.39, 0.29) is 10.7 Å². The van der Waals surface area contributed by atoms with Crippen molar-refractivity contribution in [1.82, 2.24) is 20.3 Å². The standard InChI is InChI=1S/C12H18N4OS3/c1-6-18-10-14-15-11(20-10)19-7(2)8-13-9(16-17-8)12(3,4)5/h7H,6H2,1-5H3. The second kappa shape index (κ2) is 6.44. The van der Waals surface area contributed by atoms with Gasteiger partial charge >= 0.3 is 0 Å². The van der Waals surface area contributed by atoms with E-state index in [1.807, 2.05) is 6.92 Å². The molecule has 2 aromatic heterocycles. The molecule has 0 aliphatic carbocycles. The molecule has 0 aliphatic rings. The van der Waals surface area contributed by atoms with E-state index in [4.69, 9.17) is 4.52 Å². The lowest BCUT2D eigenvalue weighted by molar-refractivity contribution is 0.364. The summed E-state index contributed by atoms with van der Waals surface area (Å²) in [6.07, 6.45) is 0. The SMILES string of the molecule is CCSc1nnc(SC(C)c2nc(C(C)(C)C)no2)s1. The van der Waals surface area contributed by atoms with Crippen molar-refractivity contribution in [1.29, 1.82) is 0 Å². The van der Waals surface area contributed by atoms with Crippen molar-refractivity contribution in [2.45, 2.75) is 54.0 Å². The quantitative estimate of drug-likeness (QED) is 0.762. The highest BCUT2D eigenvalue weighted by Crippen LogP contribution is 2.37. The van der Waals surface area contributed by atoms with Gasteiger partial charge in [0, 0.05) is 5.41 Å². The van der Waals surface area contributed by atoms with Crippen molar-refractivity contribution < 1.29 is 4.52 Å². The third kappa shape index (κ3) is 3.95. The summed E-state index contributed by atoms with van der Waals surface area (Å²) in [6, 6.07) is 0. The van der Waals surface area contributed by atoms with Crippen LogP contribution in [0.4, 0.5) is 0 Å². The van der Waals surface area contributed by atoms with Crippen LogP contribution in [-0.4, -0.2) is 26.1 Å². The normalized spacial score (nSPS) is 13.7. The molecular formula is C12H18N4OS3. The van der Waals surface area contributed by atoms with Crippen LogP contribution in [0.1, 0.15) is 51.6 Å². The lowest BCUT2D eigenvalue weighted by Gasteiger charge is -2.11. The van der Waals surface area contributed by atoms with Crippen LogP contribution < -0.4 is 0 Å². The van der Waals surface area contributed by atoms with Gasteiger partial charge in [-0.3, -0.25) is 0 Å². The van der Waals surface area contributed by atoms with Crippen molar-refractivity contribution in [2.75, 3.05) is 5.75 Å². The van der Waals surface area contributed by atoms with E-state index in [1.54, 1.807) is 34.9 Å². The van der Waals surface area contributed by atoms with Gasteiger partial charge in [0.1, 0.15) is 0 Å². The highest BCUT2D eigenvalue weighted by Gasteiger charge is 2.24. The summed E-state index contributed by atoms with van der Waals surface area (Å²) in [5, 5.41) is 12.4. The van der Waals surface area contributed by atoms with Crippen LogP contribution in [-0.2, 0) is 5.41 Å². The molecular weight excluding hydrogens is 312 g/mol. The number of aromatic nitrogens is 4. The zero-order valence-corrected chi connectivity index (χ0v) is 14.7. The fourth-order valence-corrected chi connectivity index (χ4v) is 4.42. The van der Waals surface area contributed by atoms with Gasteiger partial charge in [-0.1, -0.05) is 67.7 Å². The van der Waals surface area contributed by atoms with Crippen molar-refractivity contribution in [2.24, 2.45) is 0 Å². The monoisotopic (exact) mass is 330 g/mol. The molecule has 2 rings (SSSR count). The average molecular weight is 331 g/mol. The molecule has 20 heavy (non-hydrogen) atoms. The first kappa shape index (κ1) is 15.8. The molecule has 0 saturated carbocycles. The maximum Gasteiger partial charge on any atom is 0.239 e. The van der Waals surface area contributed by atoms with Crippen molar-refractivity contribution >= 4 is 34.9 Å². The molecule has 0 N–H and O–H groups in total. The highest BCUT2D eigenvalue weighted by atomic mass is 32.2.